The molecule has 0 bridgehead atoms. The van der Waals surface area contributed by atoms with Crippen LogP contribution in [-0.4, -0.2) is 21.3 Å². The van der Waals surface area contributed by atoms with Crippen LogP contribution in [0.15, 0.2) is 12.1 Å². The van der Waals surface area contributed by atoms with E-state index in [-0.39, 0.29) is 23.4 Å². The molecule has 150 valence electrons. The predicted molar refractivity (Wildman–Crippen MR) is 101 cm³/mol. The number of nitrogens with two attached hydrogens (primary N) is 1. The first kappa shape index (κ1) is 19.2. The average Bonchev–Trinajstić information content (AvgIpc) is 2.90. The van der Waals surface area contributed by atoms with Gasteiger partial charge in [-0.2, -0.15) is 18.8 Å². The van der Waals surface area contributed by atoms with Gasteiger partial charge in [-0.05, 0) is 73.1 Å². The van der Waals surface area contributed by atoms with E-state index in [0.717, 1.165) is 36.8 Å². The molecule has 0 aromatic heterocycles. The first-order chi connectivity index (χ1) is 13.2. The molecule has 1 aromatic rings. The number of hydrogen-bond donors (Lipinski definition) is 1. The highest BCUT2D eigenvalue weighted by molar-refractivity contribution is 7.84. The minimum Gasteiger partial charge on any atom is -0.493 e. The number of Topliss-reactive ketones (excluding diaryl/α,β-unsaturated/α-hetero) is 1. The summed E-state index contributed by atoms with van der Waals surface area (Å²) >= 11 is 0. The molecule has 2 fully saturated rings. The summed E-state index contributed by atoms with van der Waals surface area (Å²) in [5.74, 6) is 0.868. The molecule has 0 spiro atoms. The van der Waals surface area contributed by atoms with Gasteiger partial charge in [-0.25, -0.2) is 0 Å². The van der Waals surface area contributed by atoms with E-state index in [0.29, 0.717) is 18.1 Å². The van der Waals surface area contributed by atoms with Crippen molar-refractivity contribution in [3.05, 3.63) is 23.3 Å². The van der Waals surface area contributed by atoms with Crippen molar-refractivity contribution in [2.75, 3.05) is 7.11 Å². The normalized spacial score (nSPS) is 34.0. The molecule has 2 N–H and O–H groups in total. The Morgan fingerprint density at radius 3 is 2.68 bits per heavy atom. The number of hydrogen-bond acceptors (Lipinski definition) is 6. The Balaban J connectivity index is 1.71. The smallest absolute Gasteiger partial charge is 0.380 e. The van der Waals surface area contributed by atoms with Crippen molar-refractivity contribution in [1.82, 2.24) is 0 Å². The molecule has 7 nitrogen and oxygen atoms in total. The summed E-state index contributed by atoms with van der Waals surface area (Å²) in [6, 6.07) is 5.77. The van der Waals surface area contributed by atoms with Crippen molar-refractivity contribution in [1.29, 1.82) is 5.26 Å². The van der Waals surface area contributed by atoms with Crippen LogP contribution in [0, 0.1) is 34.5 Å². The van der Waals surface area contributed by atoms with Gasteiger partial charge in [0.25, 0.3) is 0 Å². The molecular weight excluding hydrogens is 380 g/mol. The lowest BCUT2D eigenvalue weighted by atomic mass is 9.55. The molecule has 2 saturated carbocycles. The molecule has 4 rings (SSSR count). The molecule has 5 unspecified atom stereocenters. The van der Waals surface area contributed by atoms with Crippen molar-refractivity contribution in [2.24, 2.45) is 28.3 Å². The molecule has 5 atom stereocenters. The van der Waals surface area contributed by atoms with E-state index in [4.69, 9.17) is 14.1 Å². The topological polar surface area (TPSA) is 119 Å². The quantitative estimate of drug-likeness (QED) is 0.826. The Bertz CT molecular complexity index is 983. The number of fused-ring (bicyclic) bond motifs is 5. The van der Waals surface area contributed by atoms with Crippen LogP contribution in [0.5, 0.6) is 11.5 Å². The standard InChI is InChI=1S/C20H24N2O5S/c1-20-6-5-13-14(16(20)7-12(10-21)19(20)23)4-3-11-8-18(27-28(22,24)25)17(26-2)9-15(11)13/h8-9,12-14,16H,3-7H2,1-2H3,(H2,22,24,25). The van der Waals surface area contributed by atoms with Crippen LogP contribution in [0.1, 0.15) is 49.7 Å². The Hall–Kier alpha value is -2.11. The number of ether oxygens (including phenoxy) is 1. The Morgan fingerprint density at radius 2 is 2.04 bits per heavy atom. The number of carbonyl (C=O) groups excluding carboxylic acids is 1. The molecule has 3 aliphatic rings. The van der Waals surface area contributed by atoms with E-state index < -0.39 is 21.6 Å². The molecule has 3 aliphatic carbocycles. The largest absolute Gasteiger partial charge is 0.493 e. The second-order valence-corrected chi connectivity index (χ2v) is 9.58. The van der Waals surface area contributed by atoms with Gasteiger partial charge in [0.15, 0.2) is 17.3 Å². The van der Waals surface area contributed by atoms with Gasteiger partial charge in [0.05, 0.1) is 13.2 Å². The second-order valence-electron chi connectivity index (χ2n) is 8.43. The number of ketones is 1. The van der Waals surface area contributed by atoms with Gasteiger partial charge in [-0.1, -0.05) is 6.92 Å². The van der Waals surface area contributed by atoms with E-state index in [1.807, 2.05) is 13.0 Å². The molecular formula is C20H24N2O5S. The number of rotatable bonds is 3. The number of carbonyl (C=O) groups is 1. The Morgan fingerprint density at radius 1 is 1.29 bits per heavy atom. The van der Waals surface area contributed by atoms with Crippen LogP contribution in [0.25, 0.3) is 0 Å². The zero-order valence-corrected chi connectivity index (χ0v) is 16.8. The number of benzene rings is 1. The highest BCUT2D eigenvalue weighted by Gasteiger charge is 2.58. The SMILES string of the molecule is COc1cc2c(cc1OS(N)(=O)=O)CCC1C2CCC2(C)C(=O)C(C#N)CC12. The maximum atomic E-state index is 12.8. The van der Waals surface area contributed by atoms with Crippen molar-refractivity contribution >= 4 is 16.1 Å². The lowest BCUT2D eigenvalue weighted by molar-refractivity contribution is -0.130. The highest BCUT2D eigenvalue weighted by Crippen LogP contribution is 2.61. The molecule has 0 aliphatic heterocycles. The third-order valence-corrected chi connectivity index (χ3v) is 7.54. The molecule has 0 heterocycles. The van der Waals surface area contributed by atoms with Crippen molar-refractivity contribution in [2.45, 2.75) is 44.9 Å². The number of aryl methyl sites for hydroxylation is 1. The van der Waals surface area contributed by atoms with E-state index in [1.165, 1.54) is 7.11 Å². The van der Waals surface area contributed by atoms with Crippen molar-refractivity contribution in [3.63, 3.8) is 0 Å². The zero-order chi connectivity index (χ0) is 20.3. The molecule has 1 aromatic carbocycles. The first-order valence-corrected chi connectivity index (χ1v) is 11.0. The van der Waals surface area contributed by atoms with Crippen LogP contribution in [0.2, 0.25) is 0 Å². The lowest BCUT2D eigenvalue weighted by Crippen LogP contribution is -2.42. The lowest BCUT2D eigenvalue weighted by Gasteiger charge is -2.48. The molecule has 0 saturated heterocycles. The fraction of sp³-hybridized carbons (Fsp3) is 0.600. The number of nitrogens with zero attached hydrogens (tertiary/aromatic N) is 1. The first-order valence-electron chi connectivity index (χ1n) is 9.55. The zero-order valence-electron chi connectivity index (χ0n) is 16.0. The number of methoxy groups -OCH3 is 1. The van der Waals surface area contributed by atoms with E-state index >= 15 is 0 Å². The van der Waals surface area contributed by atoms with Crippen LogP contribution in [0.3, 0.4) is 0 Å². The Labute approximate surface area is 165 Å². The summed E-state index contributed by atoms with van der Waals surface area (Å²) in [7, 11) is -2.68. The average molecular weight is 404 g/mol. The van der Waals surface area contributed by atoms with Gasteiger partial charge in [0.2, 0.25) is 0 Å². The number of nitriles is 1. The third kappa shape index (κ3) is 2.88. The van der Waals surface area contributed by atoms with Crippen LogP contribution in [-0.2, 0) is 21.5 Å². The second kappa shape index (κ2) is 6.46. The maximum Gasteiger partial charge on any atom is 0.380 e. The van der Waals surface area contributed by atoms with Crippen LogP contribution >= 0.6 is 0 Å². The minimum absolute atomic E-state index is 0.100. The van der Waals surface area contributed by atoms with Crippen molar-refractivity contribution in [3.8, 4) is 17.6 Å². The van der Waals surface area contributed by atoms with Gasteiger partial charge in [-0.15, -0.1) is 0 Å². The maximum absolute atomic E-state index is 12.8. The van der Waals surface area contributed by atoms with Crippen LogP contribution in [0.4, 0.5) is 0 Å². The van der Waals surface area contributed by atoms with Gasteiger partial charge in [-0.3, -0.25) is 4.79 Å². The van der Waals surface area contributed by atoms with E-state index in [2.05, 4.69) is 6.07 Å². The predicted octanol–water partition coefficient (Wildman–Crippen LogP) is 2.45. The minimum atomic E-state index is -4.14. The van der Waals surface area contributed by atoms with Crippen LogP contribution < -0.4 is 14.1 Å². The van der Waals surface area contributed by atoms with Gasteiger partial charge in [0, 0.05) is 5.41 Å². The summed E-state index contributed by atoms with van der Waals surface area (Å²) in [4.78, 5) is 12.8. The summed E-state index contributed by atoms with van der Waals surface area (Å²) in [5, 5.41) is 14.4. The van der Waals surface area contributed by atoms with Gasteiger partial charge in [0.1, 0.15) is 5.92 Å². The highest BCUT2D eigenvalue weighted by atomic mass is 32.2. The fourth-order valence-corrected chi connectivity index (χ4v) is 6.24. The van der Waals surface area contributed by atoms with E-state index in [1.54, 1.807) is 6.07 Å². The Kier molecular flexibility index (Phi) is 4.43. The fourth-order valence-electron chi connectivity index (χ4n) is 5.86. The molecule has 8 heteroatoms. The molecule has 0 radical (unpaired) electrons. The van der Waals surface area contributed by atoms with Crippen molar-refractivity contribution < 1.29 is 22.1 Å². The van der Waals surface area contributed by atoms with Gasteiger partial charge < -0.3 is 8.92 Å². The monoisotopic (exact) mass is 404 g/mol. The van der Waals surface area contributed by atoms with Gasteiger partial charge >= 0.3 is 10.3 Å². The summed E-state index contributed by atoms with van der Waals surface area (Å²) in [6.45, 7) is 2.03. The summed E-state index contributed by atoms with van der Waals surface area (Å²) in [6.07, 6.45) is 3.95. The third-order valence-electron chi connectivity index (χ3n) is 7.13. The van der Waals surface area contributed by atoms with E-state index in [9.17, 15) is 18.5 Å². The molecule has 28 heavy (non-hydrogen) atoms. The molecule has 0 amide bonds. The summed E-state index contributed by atoms with van der Waals surface area (Å²) < 4.78 is 33.0. The summed E-state index contributed by atoms with van der Waals surface area (Å²) in [5.41, 5.74) is 1.76.